The molecule has 7 unspecified atom stereocenters. The summed E-state index contributed by atoms with van der Waals surface area (Å²) in [5, 5.41) is 44.2. The summed E-state index contributed by atoms with van der Waals surface area (Å²) in [5.74, 6) is -6.29. The Balaban J connectivity index is 1.97. The van der Waals surface area contributed by atoms with Gasteiger partial charge in [0.1, 0.15) is 42.0 Å². The van der Waals surface area contributed by atoms with E-state index in [0.717, 1.165) is 17.3 Å². The number of hydrogen-bond donors (Lipinski definition) is 10. The minimum Gasteiger partial charge on any atom is -0.508 e. The number of phenols is 1. The van der Waals surface area contributed by atoms with Crippen molar-refractivity contribution < 1.29 is 48.9 Å². The van der Waals surface area contributed by atoms with Gasteiger partial charge >= 0.3 is 0 Å². The summed E-state index contributed by atoms with van der Waals surface area (Å²) in [6.07, 6.45) is -0.00632. The van der Waals surface area contributed by atoms with Gasteiger partial charge in [0, 0.05) is 12.2 Å². The summed E-state index contributed by atoms with van der Waals surface area (Å²) in [7, 11) is 0. The van der Waals surface area contributed by atoms with Crippen molar-refractivity contribution in [3.05, 3.63) is 65.7 Å². The summed E-state index contributed by atoms with van der Waals surface area (Å²) in [5.41, 5.74) is 6.87. The van der Waals surface area contributed by atoms with Gasteiger partial charge in [-0.1, -0.05) is 56.3 Å². The Kier molecular flexibility index (Phi) is 16.9. The minimum atomic E-state index is -1.56. The zero-order valence-electron chi connectivity index (χ0n) is 30.2. The van der Waals surface area contributed by atoms with Crippen molar-refractivity contribution in [2.75, 3.05) is 24.7 Å². The SMILES string of the molecule is CC1NC(=O)C(NC(=O)C(NC(=O)C(N)CO)C(C)C)CSCC(=O)C(Cc2ccccc2)NC(=O)C(Cc2ccc(O)cc2)NC(=O)C(CO)NC1=O. The molecule has 1 fully saturated rings. The number of aliphatic hydroxyl groups excluding tert-OH is 2. The van der Waals surface area contributed by atoms with E-state index in [1.807, 2.05) is 0 Å². The lowest BCUT2D eigenvalue weighted by Crippen LogP contribution is -2.60. The highest BCUT2D eigenvalue weighted by molar-refractivity contribution is 8.00. The van der Waals surface area contributed by atoms with E-state index in [-0.39, 0.29) is 30.1 Å². The second kappa shape index (κ2) is 21.0. The van der Waals surface area contributed by atoms with Crippen LogP contribution in [0.1, 0.15) is 31.9 Å². The first-order valence-electron chi connectivity index (χ1n) is 17.3. The molecule has 1 aliphatic heterocycles. The zero-order valence-corrected chi connectivity index (χ0v) is 31.1. The standard InChI is InChI=1S/C36H49N7O10S/c1-19(2)30(43-32(49)24(37)15-44)36(53)42-28-17-54-18-29(47)25(13-21-7-5-4-6-8-21)39-33(50)26(14-22-9-11-23(46)12-10-22)40-34(51)27(16-45)41-31(48)20(3)38-35(28)52/h4-12,19-20,24-28,30,44-46H,13-18,37H2,1-3H3,(H,38,52)(H,39,50)(H,40,51)(H,41,48)(H,42,53)(H,43,49). The molecule has 294 valence electrons. The zero-order chi connectivity index (χ0) is 39.9. The van der Waals surface area contributed by atoms with Crippen LogP contribution in [0.25, 0.3) is 0 Å². The van der Waals surface area contributed by atoms with Crippen LogP contribution >= 0.6 is 11.8 Å². The summed E-state index contributed by atoms with van der Waals surface area (Å²) in [6.45, 7) is 3.04. The van der Waals surface area contributed by atoms with Gasteiger partial charge in [0.25, 0.3) is 0 Å². The maximum absolute atomic E-state index is 13.9. The monoisotopic (exact) mass is 771 g/mol. The highest BCUT2D eigenvalue weighted by Crippen LogP contribution is 2.14. The number of carbonyl (C=O) groups excluding carboxylic acids is 7. The van der Waals surface area contributed by atoms with E-state index in [2.05, 4.69) is 31.9 Å². The number of rotatable bonds is 11. The molecule has 7 atom stereocenters. The van der Waals surface area contributed by atoms with Crippen LogP contribution in [0.3, 0.4) is 0 Å². The molecular weight excluding hydrogens is 723 g/mol. The van der Waals surface area contributed by atoms with Gasteiger partial charge in [0.15, 0.2) is 5.78 Å². The molecule has 2 aromatic carbocycles. The van der Waals surface area contributed by atoms with Gasteiger partial charge in [0.05, 0.1) is 25.0 Å². The van der Waals surface area contributed by atoms with Gasteiger partial charge < -0.3 is 53.0 Å². The van der Waals surface area contributed by atoms with Crippen LogP contribution in [0.5, 0.6) is 5.75 Å². The Morgan fingerprint density at radius 3 is 1.98 bits per heavy atom. The first-order valence-corrected chi connectivity index (χ1v) is 18.5. The number of thioether (sulfide) groups is 1. The van der Waals surface area contributed by atoms with E-state index >= 15 is 0 Å². The van der Waals surface area contributed by atoms with Crippen LogP contribution in [-0.4, -0.2) is 124 Å². The van der Waals surface area contributed by atoms with E-state index in [4.69, 9.17) is 5.73 Å². The molecule has 1 aliphatic rings. The summed E-state index contributed by atoms with van der Waals surface area (Å²) >= 11 is 0.981. The van der Waals surface area contributed by atoms with Crippen molar-refractivity contribution in [2.24, 2.45) is 11.7 Å². The molecule has 0 aliphatic carbocycles. The van der Waals surface area contributed by atoms with Crippen molar-refractivity contribution in [2.45, 2.75) is 75.9 Å². The molecule has 0 saturated carbocycles. The molecule has 0 bridgehead atoms. The van der Waals surface area contributed by atoms with Gasteiger partial charge in [-0.2, -0.15) is 11.8 Å². The molecule has 0 spiro atoms. The molecule has 6 amide bonds. The van der Waals surface area contributed by atoms with E-state index in [1.54, 1.807) is 56.3 Å². The fourth-order valence-corrected chi connectivity index (χ4v) is 6.28. The molecule has 1 heterocycles. The van der Waals surface area contributed by atoms with E-state index < -0.39 is 103 Å². The van der Waals surface area contributed by atoms with Crippen LogP contribution in [0, 0.1) is 5.92 Å². The third-order valence-electron chi connectivity index (χ3n) is 8.51. The summed E-state index contributed by atoms with van der Waals surface area (Å²) in [4.78, 5) is 93.6. The third kappa shape index (κ3) is 13.1. The maximum Gasteiger partial charge on any atom is 0.245 e. The molecule has 17 nitrogen and oxygen atoms in total. The number of aromatic hydroxyl groups is 1. The smallest absolute Gasteiger partial charge is 0.245 e. The fraction of sp³-hybridized carbons (Fsp3) is 0.472. The van der Waals surface area contributed by atoms with Crippen LogP contribution in [0.2, 0.25) is 0 Å². The first kappa shape index (κ1) is 43.4. The number of phenolic OH excluding ortho intramolecular Hbond substituents is 1. The highest BCUT2D eigenvalue weighted by Gasteiger charge is 2.34. The van der Waals surface area contributed by atoms with Gasteiger partial charge in [0.2, 0.25) is 35.4 Å². The topological polar surface area (TPSA) is 278 Å². The summed E-state index contributed by atoms with van der Waals surface area (Å²) in [6, 6.07) is 5.70. The van der Waals surface area contributed by atoms with Crippen LogP contribution in [0.15, 0.2) is 54.6 Å². The number of aliphatic hydroxyl groups is 2. The number of Topliss-reactive ketones (excluding diaryl/α,β-unsaturated/α-hetero) is 1. The molecule has 1 saturated heterocycles. The Morgan fingerprint density at radius 2 is 1.37 bits per heavy atom. The maximum atomic E-state index is 13.9. The van der Waals surface area contributed by atoms with Crippen LogP contribution in [-0.2, 0) is 46.4 Å². The number of nitrogens with two attached hydrogens (primary N) is 1. The highest BCUT2D eigenvalue weighted by atomic mass is 32.2. The number of ketones is 1. The second-order valence-corrected chi connectivity index (χ2v) is 14.2. The van der Waals surface area contributed by atoms with Crippen LogP contribution in [0.4, 0.5) is 0 Å². The van der Waals surface area contributed by atoms with Crippen molar-refractivity contribution >= 4 is 53.0 Å². The van der Waals surface area contributed by atoms with Crippen molar-refractivity contribution in [3.63, 3.8) is 0 Å². The normalized spacial score (nSPS) is 23.2. The van der Waals surface area contributed by atoms with Gasteiger partial charge in [-0.05, 0) is 42.5 Å². The number of hydrogen-bond acceptors (Lipinski definition) is 12. The van der Waals surface area contributed by atoms with Gasteiger partial charge in [-0.3, -0.25) is 33.6 Å². The van der Waals surface area contributed by atoms with Gasteiger partial charge in [-0.15, -0.1) is 0 Å². The molecule has 18 heteroatoms. The second-order valence-electron chi connectivity index (χ2n) is 13.2. The van der Waals surface area contributed by atoms with E-state index in [0.29, 0.717) is 5.56 Å². The first-order chi connectivity index (χ1) is 25.6. The molecule has 3 rings (SSSR count). The van der Waals surface area contributed by atoms with Crippen LogP contribution < -0.4 is 37.6 Å². The molecule has 0 radical (unpaired) electrons. The fourth-order valence-electron chi connectivity index (χ4n) is 5.29. The van der Waals surface area contributed by atoms with Crippen molar-refractivity contribution in [3.8, 4) is 5.75 Å². The quantitative estimate of drug-likeness (QED) is 0.113. The Bertz CT molecular complexity index is 1630. The Morgan fingerprint density at radius 1 is 0.796 bits per heavy atom. The lowest BCUT2D eigenvalue weighted by molar-refractivity contribution is -0.135. The Labute approximate surface area is 317 Å². The average molecular weight is 772 g/mol. The minimum absolute atomic E-state index is 0.0208. The lowest BCUT2D eigenvalue weighted by Gasteiger charge is -2.27. The number of amides is 6. The summed E-state index contributed by atoms with van der Waals surface area (Å²) < 4.78 is 0. The molecule has 11 N–H and O–H groups in total. The predicted molar refractivity (Wildman–Crippen MR) is 199 cm³/mol. The van der Waals surface area contributed by atoms with Crippen molar-refractivity contribution in [1.29, 1.82) is 0 Å². The predicted octanol–water partition coefficient (Wildman–Crippen LogP) is -2.61. The largest absolute Gasteiger partial charge is 0.508 e. The van der Waals surface area contributed by atoms with E-state index in [9.17, 15) is 48.9 Å². The molecule has 2 aromatic rings. The average Bonchev–Trinajstić information content (AvgIpc) is 3.14. The number of carbonyl (C=O) groups is 7. The molecule has 0 aromatic heterocycles. The Hall–Kier alpha value is -5.04. The third-order valence-corrected chi connectivity index (χ3v) is 9.56. The molecular formula is C36H49N7O10S. The van der Waals surface area contributed by atoms with E-state index in [1.165, 1.54) is 19.1 Å². The molecule has 54 heavy (non-hydrogen) atoms. The lowest BCUT2D eigenvalue weighted by atomic mass is 10.0. The van der Waals surface area contributed by atoms with Gasteiger partial charge in [-0.25, -0.2) is 0 Å². The number of benzene rings is 2. The number of nitrogens with one attached hydrogen (secondary N) is 6. The van der Waals surface area contributed by atoms with Crippen molar-refractivity contribution in [1.82, 2.24) is 31.9 Å².